The molecule has 0 unspecified atom stereocenters. The summed E-state index contributed by atoms with van der Waals surface area (Å²) in [5.74, 6) is -0.436. The minimum atomic E-state index is -0.366. The van der Waals surface area contributed by atoms with Gasteiger partial charge in [-0.2, -0.15) is 10.7 Å². The molecule has 1 aromatic rings. The first kappa shape index (κ1) is 19.1. The number of nitrogens with one attached hydrogen (secondary N) is 1. The van der Waals surface area contributed by atoms with Gasteiger partial charge in [0.2, 0.25) is 0 Å². The molecule has 0 bridgehead atoms. The Morgan fingerprint density at radius 3 is 2.76 bits per heavy atom. The summed E-state index contributed by atoms with van der Waals surface area (Å²) in [6.45, 7) is 2.20. The number of carbonyl (C=O) groups is 2. The number of ether oxygens (including phenoxy) is 1. The third-order valence-corrected chi connectivity index (χ3v) is 3.93. The molecule has 1 heterocycles. The van der Waals surface area contributed by atoms with Crippen LogP contribution in [0.2, 0.25) is 0 Å². The number of Topliss-reactive ketones (excluding diaryl/α,β-unsaturated/α-hetero) is 1. The number of benzene rings is 1. The molecular formula is C18H23N3O4. The second-order valence-electron chi connectivity index (χ2n) is 6.10. The van der Waals surface area contributed by atoms with Crippen LogP contribution >= 0.6 is 0 Å². The van der Waals surface area contributed by atoms with Crippen LogP contribution in [0.1, 0.15) is 25.3 Å². The summed E-state index contributed by atoms with van der Waals surface area (Å²) < 4.78 is 5.29. The number of nitriles is 1. The number of esters is 1. The van der Waals surface area contributed by atoms with Gasteiger partial charge in [-0.15, -0.1) is 0 Å². The fraction of sp³-hybridized carbons (Fsp3) is 0.500. The number of carbonyl (C=O) groups excluding carboxylic acids is 2. The second-order valence-corrected chi connectivity index (χ2v) is 6.10. The Labute approximate surface area is 147 Å². The zero-order valence-electron chi connectivity index (χ0n) is 14.3. The van der Waals surface area contributed by atoms with Crippen LogP contribution in [-0.2, 0) is 25.8 Å². The van der Waals surface area contributed by atoms with E-state index < -0.39 is 0 Å². The summed E-state index contributed by atoms with van der Waals surface area (Å²) in [5, 5.41) is 9.28. The largest absolute Gasteiger partial charge is 0.460 e. The van der Waals surface area contributed by atoms with E-state index in [4.69, 9.17) is 9.57 Å². The Morgan fingerprint density at radius 2 is 2.08 bits per heavy atom. The molecular weight excluding hydrogens is 322 g/mol. The number of likely N-dealkylation sites (tertiary alicyclic amines) is 1. The van der Waals surface area contributed by atoms with Crippen LogP contribution in [0.3, 0.4) is 0 Å². The van der Waals surface area contributed by atoms with Crippen molar-refractivity contribution in [2.24, 2.45) is 0 Å². The SMILES string of the molecule is CC(=O)CON[C@@H]1CC[C@@H](C#N)N(CC(=O)OCc2ccccc2)C1. The molecule has 1 aromatic carbocycles. The van der Waals surface area contributed by atoms with Gasteiger partial charge < -0.3 is 4.74 Å². The molecule has 2 rings (SSSR count). The van der Waals surface area contributed by atoms with Gasteiger partial charge in [0, 0.05) is 12.6 Å². The van der Waals surface area contributed by atoms with Crippen molar-refractivity contribution in [1.29, 1.82) is 5.26 Å². The third kappa shape index (κ3) is 6.63. The fourth-order valence-corrected chi connectivity index (χ4v) is 2.67. The molecule has 0 aromatic heterocycles. The third-order valence-electron chi connectivity index (χ3n) is 3.93. The quantitative estimate of drug-likeness (QED) is 0.559. The van der Waals surface area contributed by atoms with Gasteiger partial charge in [-0.3, -0.25) is 19.3 Å². The van der Waals surface area contributed by atoms with Crippen LogP contribution in [0, 0.1) is 11.3 Å². The Balaban J connectivity index is 1.80. The van der Waals surface area contributed by atoms with E-state index in [1.807, 2.05) is 30.3 Å². The highest BCUT2D eigenvalue weighted by molar-refractivity contribution is 5.76. The fourth-order valence-electron chi connectivity index (χ4n) is 2.67. The van der Waals surface area contributed by atoms with E-state index in [9.17, 15) is 14.9 Å². The molecule has 0 amide bonds. The van der Waals surface area contributed by atoms with Gasteiger partial charge >= 0.3 is 5.97 Å². The van der Waals surface area contributed by atoms with E-state index >= 15 is 0 Å². The highest BCUT2D eigenvalue weighted by Gasteiger charge is 2.30. The summed E-state index contributed by atoms with van der Waals surface area (Å²) >= 11 is 0. The van der Waals surface area contributed by atoms with Crippen LogP contribution in [0.25, 0.3) is 0 Å². The van der Waals surface area contributed by atoms with Crippen molar-refractivity contribution in [1.82, 2.24) is 10.4 Å². The maximum atomic E-state index is 12.1. The minimum Gasteiger partial charge on any atom is -0.460 e. The summed E-state index contributed by atoms with van der Waals surface area (Å²) in [5.41, 5.74) is 3.75. The molecule has 0 saturated carbocycles. The lowest BCUT2D eigenvalue weighted by Gasteiger charge is -2.35. The summed E-state index contributed by atoms with van der Waals surface area (Å²) in [7, 11) is 0. The van der Waals surface area contributed by atoms with Crippen molar-refractivity contribution in [3.63, 3.8) is 0 Å². The average Bonchev–Trinajstić information content (AvgIpc) is 2.61. The monoisotopic (exact) mass is 345 g/mol. The molecule has 0 spiro atoms. The maximum Gasteiger partial charge on any atom is 0.320 e. The van der Waals surface area contributed by atoms with Crippen LogP contribution in [0.5, 0.6) is 0 Å². The van der Waals surface area contributed by atoms with Crippen LogP contribution < -0.4 is 5.48 Å². The number of piperidine rings is 1. The van der Waals surface area contributed by atoms with Gasteiger partial charge in [0.25, 0.3) is 0 Å². The van der Waals surface area contributed by atoms with Gasteiger partial charge in [-0.1, -0.05) is 30.3 Å². The first-order chi connectivity index (χ1) is 12.1. The maximum absolute atomic E-state index is 12.1. The van der Waals surface area contributed by atoms with Gasteiger partial charge in [0.05, 0.1) is 18.7 Å². The normalized spacial score (nSPS) is 20.6. The predicted molar refractivity (Wildman–Crippen MR) is 90.0 cm³/mol. The van der Waals surface area contributed by atoms with Crippen molar-refractivity contribution in [3.05, 3.63) is 35.9 Å². The van der Waals surface area contributed by atoms with E-state index in [2.05, 4.69) is 11.5 Å². The Kier molecular flexibility index (Phi) is 7.54. The van der Waals surface area contributed by atoms with Crippen LogP contribution in [-0.4, -0.2) is 48.4 Å². The van der Waals surface area contributed by atoms with E-state index in [1.165, 1.54) is 6.92 Å². The number of nitrogens with zero attached hydrogens (tertiary/aromatic N) is 2. The molecule has 1 saturated heterocycles. The number of rotatable bonds is 8. The molecule has 0 radical (unpaired) electrons. The predicted octanol–water partition coefficient (Wildman–Crippen LogP) is 1.20. The Bertz CT molecular complexity index is 614. The molecule has 7 heteroatoms. The van der Waals surface area contributed by atoms with Crippen molar-refractivity contribution in [2.75, 3.05) is 19.7 Å². The summed E-state index contributed by atoms with van der Waals surface area (Å²) in [6.07, 6.45) is 1.37. The van der Waals surface area contributed by atoms with Gasteiger partial charge in [0.15, 0.2) is 5.78 Å². The van der Waals surface area contributed by atoms with Crippen molar-refractivity contribution in [2.45, 2.75) is 38.5 Å². The number of hydroxylamine groups is 1. The summed E-state index contributed by atoms with van der Waals surface area (Å²) in [6, 6.07) is 11.3. The molecule has 2 atom stereocenters. The zero-order chi connectivity index (χ0) is 18.1. The highest BCUT2D eigenvalue weighted by Crippen LogP contribution is 2.17. The molecule has 134 valence electrons. The summed E-state index contributed by atoms with van der Waals surface area (Å²) in [4.78, 5) is 29.9. The molecule has 1 aliphatic rings. The first-order valence-electron chi connectivity index (χ1n) is 8.28. The van der Waals surface area contributed by atoms with Crippen molar-refractivity contribution in [3.8, 4) is 6.07 Å². The van der Waals surface area contributed by atoms with Crippen molar-refractivity contribution >= 4 is 11.8 Å². The van der Waals surface area contributed by atoms with E-state index in [0.29, 0.717) is 13.0 Å². The van der Waals surface area contributed by atoms with Gasteiger partial charge in [-0.05, 0) is 25.3 Å². The van der Waals surface area contributed by atoms with E-state index in [1.54, 1.807) is 4.90 Å². The van der Waals surface area contributed by atoms with E-state index in [0.717, 1.165) is 12.0 Å². The van der Waals surface area contributed by atoms with Crippen LogP contribution in [0.15, 0.2) is 30.3 Å². The van der Waals surface area contributed by atoms with E-state index in [-0.39, 0.29) is 43.6 Å². The van der Waals surface area contributed by atoms with Crippen molar-refractivity contribution < 1.29 is 19.2 Å². The standard InChI is InChI=1S/C18H23N3O4/c1-14(22)12-25-20-16-7-8-17(9-19)21(10-16)11-18(23)24-13-15-5-3-2-4-6-15/h2-6,16-17,20H,7-8,10-13H2,1H3/t16-,17+/m1/s1. The second kappa shape index (κ2) is 9.89. The minimum absolute atomic E-state index is 0.00268. The zero-order valence-corrected chi connectivity index (χ0v) is 14.3. The lowest BCUT2D eigenvalue weighted by Crippen LogP contribution is -2.51. The Hall–Kier alpha value is -2.27. The smallest absolute Gasteiger partial charge is 0.320 e. The molecule has 1 fully saturated rings. The molecule has 7 nitrogen and oxygen atoms in total. The Morgan fingerprint density at radius 1 is 1.32 bits per heavy atom. The molecule has 25 heavy (non-hydrogen) atoms. The first-order valence-corrected chi connectivity index (χ1v) is 8.28. The lowest BCUT2D eigenvalue weighted by atomic mass is 10.00. The number of hydrogen-bond acceptors (Lipinski definition) is 7. The van der Waals surface area contributed by atoms with Gasteiger partial charge in [-0.25, -0.2) is 0 Å². The molecule has 1 aliphatic heterocycles. The highest BCUT2D eigenvalue weighted by atomic mass is 16.6. The average molecular weight is 345 g/mol. The number of hydrogen-bond donors (Lipinski definition) is 1. The topological polar surface area (TPSA) is 91.7 Å². The van der Waals surface area contributed by atoms with Crippen LogP contribution in [0.4, 0.5) is 0 Å². The molecule has 1 N–H and O–H groups in total. The molecule has 0 aliphatic carbocycles. The number of ketones is 1. The lowest BCUT2D eigenvalue weighted by molar-refractivity contribution is -0.147. The van der Waals surface area contributed by atoms with Gasteiger partial charge in [0.1, 0.15) is 13.2 Å².